The number of hydrogen-bond donors (Lipinski definition) is 0. The Morgan fingerprint density at radius 1 is 0.400 bits per heavy atom. The first-order valence-electron chi connectivity index (χ1n) is 19.4. The first kappa shape index (κ1) is 32.9. The number of nitrogens with zero attached hydrogens (tertiary/aromatic N) is 1. The van der Waals surface area contributed by atoms with Crippen molar-refractivity contribution in [3.05, 3.63) is 223 Å². The molecule has 55 heavy (non-hydrogen) atoms. The second kappa shape index (κ2) is 13.9. The van der Waals surface area contributed by atoms with Gasteiger partial charge in [0.1, 0.15) is 0 Å². The van der Waals surface area contributed by atoms with Crippen molar-refractivity contribution in [2.24, 2.45) is 0 Å². The highest BCUT2D eigenvalue weighted by Gasteiger charge is 2.31. The Balaban J connectivity index is 0.947. The van der Waals surface area contributed by atoms with Crippen LogP contribution in [0.3, 0.4) is 0 Å². The van der Waals surface area contributed by atoms with Crippen molar-refractivity contribution in [3.63, 3.8) is 0 Å². The van der Waals surface area contributed by atoms with Gasteiger partial charge in [0.15, 0.2) is 0 Å². The maximum atomic E-state index is 2.42. The van der Waals surface area contributed by atoms with E-state index in [1.807, 2.05) is 0 Å². The summed E-state index contributed by atoms with van der Waals surface area (Å²) in [5.41, 5.74) is 15.4. The zero-order valence-corrected chi connectivity index (χ0v) is 30.9. The summed E-state index contributed by atoms with van der Waals surface area (Å²) in [5.74, 6) is 0.729. The van der Waals surface area contributed by atoms with Crippen molar-refractivity contribution in [2.45, 2.75) is 25.2 Å². The minimum absolute atomic E-state index is 0.351. The number of hydrogen-bond acceptors (Lipinski definition) is 1. The fraction of sp³-hybridized carbons (Fsp3) is 0.0741. The SMILES string of the molecule is C[C@H](c1ccc(-c2ccc(N(c3ccccc3)c3ccc(-c4ccccc4)cc3)cc2)cc1)C1Cc2c(c3ccccc3c3ccccc23)-c2ccccc21. The predicted molar refractivity (Wildman–Crippen MR) is 234 cm³/mol. The van der Waals surface area contributed by atoms with E-state index in [2.05, 4.69) is 218 Å². The molecule has 0 amide bonds. The Hall–Kier alpha value is -6.70. The van der Waals surface area contributed by atoms with Crippen LogP contribution in [0.1, 0.15) is 35.4 Å². The van der Waals surface area contributed by atoms with Gasteiger partial charge in [-0.15, -0.1) is 0 Å². The van der Waals surface area contributed by atoms with Crippen LogP contribution in [0.15, 0.2) is 206 Å². The van der Waals surface area contributed by atoms with E-state index in [-0.39, 0.29) is 0 Å². The zero-order valence-electron chi connectivity index (χ0n) is 30.9. The third-order valence-electron chi connectivity index (χ3n) is 11.8. The summed E-state index contributed by atoms with van der Waals surface area (Å²) in [7, 11) is 0. The van der Waals surface area contributed by atoms with Crippen LogP contribution >= 0.6 is 0 Å². The highest BCUT2D eigenvalue weighted by molar-refractivity contribution is 6.16. The molecule has 1 heteroatoms. The molecule has 0 saturated heterocycles. The van der Waals surface area contributed by atoms with E-state index in [1.165, 1.54) is 71.6 Å². The third kappa shape index (κ3) is 5.90. The van der Waals surface area contributed by atoms with E-state index in [0.717, 1.165) is 23.5 Å². The quantitative estimate of drug-likeness (QED) is 0.149. The van der Waals surface area contributed by atoms with Crippen molar-refractivity contribution in [2.75, 3.05) is 4.90 Å². The second-order valence-corrected chi connectivity index (χ2v) is 14.9. The van der Waals surface area contributed by atoms with E-state index in [4.69, 9.17) is 0 Å². The minimum atomic E-state index is 0.351. The van der Waals surface area contributed by atoms with Gasteiger partial charge in [0.2, 0.25) is 0 Å². The summed E-state index contributed by atoms with van der Waals surface area (Å²) >= 11 is 0. The van der Waals surface area contributed by atoms with Gasteiger partial charge in [-0.25, -0.2) is 0 Å². The summed E-state index contributed by atoms with van der Waals surface area (Å²) in [4.78, 5) is 2.33. The van der Waals surface area contributed by atoms with Gasteiger partial charge in [-0.2, -0.15) is 0 Å². The van der Waals surface area contributed by atoms with Crippen LogP contribution in [0.2, 0.25) is 0 Å². The van der Waals surface area contributed by atoms with Crippen molar-refractivity contribution >= 4 is 38.6 Å². The Bertz CT molecular complexity index is 2770. The number of para-hydroxylation sites is 1. The Labute approximate surface area is 323 Å². The lowest BCUT2D eigenvalue weighted by Crippen LogP contribution is -2.17. The first-order valence-corrected chi connectivity index (χ1v) is 19.4. The topological polar surface area (TPSA) is 3.24 Å². The molecule has 9 aromatic rings. The molecule has 0 fully saturated rings. The minimum Gasteiger partial charge on any atom is -0.311 e. The molecule has 9 aromatic carbocycles. The monoisotopic (exact) mass is 703 g/mol. The molecule has 0 aliphatic heterocycles. The molecule has 1 nitrogen and oxygen atoms in total. The maximum Gasteiger partial charge on any atom is 0.0462 e. The van der Waals surface area contributed by atoms with E-state index < -0.39 is 0 Å². The van der Waals surface area contributed by atoms with Crippen LogP contribution < -0.4 is 4.90 Å². The fourth-order valence-electron chi connectivity index (χ4n) is 9.03. The van der Waals surface area contributed by atoms with Gasteiger partial charge in [0.05, 0.1) is 0 Å². The summed E-state index contributed by atoms with van der Waals surface area (Å²) in [6.07, 6.45) is 1.02. The normalized spacial score (nSPS) is 13.9. The fourth-order valence-corrected chi connectivity index (χ4v) is 9.03. The lowest BCUT2D eigenvalue weighted by Gasteiger charge is -2.34. The average molecular weight is 704 g/mol. The van der Waals surface area contributed by atoms with Crippen LogP contribution in [0.5, 0.6) is 0 Å². The highest BCUT2D eigenvalue weighted by Crippen LogP contribution is 2.50. The van der Waals surface area contributed by atoms with Crippen LogP contribution in [0.4, 0.5) is 17.1 Å². The first-order chi connectivity index (χ1) is 27.2. The van der Waals surface area contributed by atoms with Gasteiger partial charge in [-0.3, -0.25) is 0 Å². The van der Waals surface area contributed by atoms with E-state index in [0.29, 0.717) is 11.8 Å². The molecule has 1 aliphatic carbocycles. The van der Waals surface area contributed by atoms with Crippen molar-refractivity contribution in [1.82, 2.24) is 0 Å². The van der Waals surface area contributed by atoms with Crippen LogP contribution in [0.25, 0.3) is 54.9 Å². The number of rotatable bonds is 7. The van der Waals surface area contributed by atoms with E-state index in [9.17, 15) is 0 Å². The Morgan fingerprint density at radius 2 is 0.836 bits per heavy atom. The lowest BCUT2D eigenvalue weighted by atomic mass is 9.69. The average Bonchev–Trinajstić information content (AvgIpc) is 3.27. The largest absolute Gasteiger partial charge is 0.311 e. The molecular weight excluding hydrogens is 663 g/mol. The molecule has 1 aliphatic rings. The van der Waals surface area contributed by atoms with Gasteiger partial charge >= 0.3 is 0 Å². The molecule has 0 N–H and O–H groups in total. The van der Waals surface area contributed by atoms with Gasteiger partial charge < -0.3 is 4.90 Å². The standard InChI is InChI=1S/C54H41N/c1-37(52-36-53-48-20-9-8-18-46(48)47-19-10-12-22-50(47)54(53)51-23-13-11-21-49(51)52)38-24-26-40(27-25-38)42-30-34-45(35-31-42)55(43-16-6-3-7-17-43)44-32-28-41(29-33-44)39-14-4-2-5-15-39/h2-35,37,52H,36H2,1H3/t37-,52?/m1/s1. The summed E-state index contributed by atoms with van der Waals surface area (Å²) in [6, 6.07) is 75.5. The smallest absolute Gasteiger partial charge is 0.0462 e. The zero-order chi connectivity index (χ0) is 36.7. The van der Waals surface area contributed by atoms with Crippen LogP contribution in [-0.2, 0) is 6.42 Å². The predicted octanol–water partition coefficient (Wildman–Crippen LogP) is 14.9. The molecular formula is C54H41N. The van der Waals surface area contributed by atoms with Gasteiger partial charge in [0.25, 0.3) is 0 Å². The van der Waals surface area contributed by atoms with Gasteiger partial charge in [0, 0.05) is 17.1 Å². The highest BCUT2D eigenvalue weighted by atomic mass is 15.1. The summed E-state index contributed by atoms with van der Waals surface area (Å²) in [5, 5.41) is 5.44. The molecule has 262 valence electrons. The number of fused-ring (bicyclic) bond motifs is 8. The molecule has 0 heterocycles. The van der Waals surface area contributed by atoms with Gasteiger partial charge in [-0.1, -0.05) is 177 Å². The van der Waals surface area contributed by atoms with E-state index >= 15 is 0 Å². The molecule has 2 atom stereocenters. The van der Waals surface area contributed by atoms with Crippen LogP contribution in [0, 0.1) is 0 Å². The molecule has 0 aromatic heterocycles. The van der Waals surface area contributed by atoms with Crippen molar-refractivity contribution in [3.8, 4) is 33.4 Å². The summed E-state index contributed by atoms with van der Waals surface area (Å²) < 4.78 is 0. The Kier molecular flexibility index (Phi) is 8.34. The molecule has 10 rings (SSSR count). The van der Waals surface area contributed by atoms with Gasteiger partial charge in [-0.05, 0) is 126 Å². The van der Waals surface area contributed by atoms with Crippen LogP contribution in [-0.4, -0.2) is 0 Å². The number of benzene rings is 9. The van der Waals surface area contributed by atoms with E-state index in [1.54, 1.807) is 0 Å². The molecule has 0 spiro atoms. The molecule has 0 saturated carbocycles. The lowest BCUT2D eigenvalue weighted by molar-refractivity contribution is 0.570. The molecule has 1 unspecified atom stereocenters. The maximum absolute atomic E-state index is 2.42. The number of anilines is 3. The second-order valence-electron chi connectivity index (χ2n) is 14.9. The molecule has 0 bridgehead atoms. The Morgan fingerprint density at radius 3 is 1.45 bits per heavy atom. The third-order valence-corrected chi connectivity index (χ3v) is 11.8. The molecule has 0 radical (unpaired) electrons. The summed E-state index contributed by atoms with van der Waals surface area (Å²) in [6.45, 7) is 2.42. The van der Waals surface area contributed by atoms with Crippen molar-refractivity contribution in [1.29, 1.82) is 0 Å². The van der Waals surface area contributed by atoms with Crippen molar-refractivity contribution < 1.29 is 0 Å².